The van der Waals surface area contributed by atoms with E-state index in [1.54, 1.807) is 36.4 Å². The number of nitrogens with zero attached hydrogens (tertiary/aromatic N) is 3. The minimum Gasteiger partial charge on any atom is -0.494 e. The van der Waals surface area contributed by atoms with Gasteiger partial charge in [0.25, 0.3) is 0 Å². The molecule has 1 saturated heterocycles. The average molecular weight is 532 g/mol. The first kappa shape index (κ1) is 26.4. The van der Waals surface area contributed by atoms with Crippen molar-refractivity contribution in [2.45, 2.75) is 40.9 Å². The van der Waals surface area contributed by atoms with E-state index < -0.39 is 19.7 Å². The summed E-state index contributed by atoms with van der Waals surface area (Å²) in [4.78, 5) is 9.02. The maximum absolute atomic E-state index is 13.9. The van der Waals surface area contributed by atoms with Gasteiger partial charge in [-0.05, 0) is 68.9 Å². The Morgan fingerprint density at radius 2 is 1.67 bits per heavy atom. The van der Waals surface area contributed by atoms with E-state index >= 15 is 0 Å². The minimum atomic E-state index is -3.95. The van der Waals surface area contributed by atoms with Gasteiger partial charge in [-0.25, -0.2) is 16.8 Å². The van der Waals surface area contributed by atoms with Crippen molar-refractivity contribution in [1.82, 2.24) is 9.88 Å². The standard InChI is InChI=1S/C26H33N3O5S2/c1-4-5-17-34-20-7-9-21(10-8-20)36(32,33)25-19-27-24-12-11-22(35(3,30)31)18-23(24)26(25)29-14-6-13-28(2)15-16-29/h7-12,18-19H,4-6,13-17H2,1-3H3. The highest BCUT2D eigenvalue weighted by Crippen LogP contribution is 2.37. The number of aromatic nitrogens is 1. The fourth-order valence-corrected chi connectivity index (χ4v) is 6.42. The van der Waals surface area contributed by atoms with Crippen LogP contribution >= 0.6 is 0 Å². The summed E-state index contributed by atoms with van der Waals surface area (Å²) in [6.45, 7) is 5.59. The summed E-state index contributed by atoms with van der Waals surface area (Å²) >= 11 is 0. The molecule has 0 radical (unpaired) electrons. The Morgan fingerprint density at radius 3 is 2.36 bits per heavy atom. The van der Waals surface area contributed by atoms with E-state index in [9.17, 15) is 16.8 Å². The number of likely N-dealkylation sites (N-methyl/N-ethyl adjacent to an activating group) is 1. The van der Waals surface area contributed by atoms with Crippen molar-refractivity contribution in [3.05, 3.63) is 48.7 Å². The number of anilines is 1. The highest BCUT2D eigenvalue weighted by atomic mass is 32.2. The maximum atomic E-state index is 13.9. The molecule has 0 N–H and O–H groups in total. The summed E-state index contributed by atoms with van der Waals surface area (Å²) in [5.41, 5.74) is 1.05. The predicted octanol–water partition coefficient (Wildman–Crippen LogP) is 3.79. The summed E-state index contributed by atoms with van der Waals surface area (Å²) in [5, 5.41) is 0.517. The first-order valence-electron chi connectivity index (χ1n) is 12.2. The minimum absolute atomic E-state index is 0.0739. The zero-order chi connectivity index (χ0) is 25.9. The molecule has 0 bridgehead atoms. The van der Waals surface area contributed by atoms with E-state index in [1.807, 2.05) is 7.05 Å². The fraction of sp³-hybridized carbons (Fsp3) is 0.423. The Hall–Kier alpha value is -2.69. The van der Waals surface area contributed by atoms with Crippen molar-refractivity contribution in [2.75, 3.05) is 51.0 Å². The monoisotopic (exact) mass is 531 g/mol. The van der Waals surface area contributed by atoms with Gasteiger partial charge in [0.2, 0.25) is 9.84 Å². The zero-order valence-corrected chi connectivity index (χ0v) is 22.6. The summed E-state index contributed by atoms with van der Waals surface area (Å²) in [5.74, 6) is 0.618. The lowest BCUT2D eigenvalue weighted by Gasteiger charge is -2.27. The predicted molar refractivity (Wildman–Crippen MR) is 141 cm³/mol. The van der Waals surface area contributed by atoms with Crippen molar-refractivity contribution in [1.29, 1.82) is 0 Å². The first-order chi connectivity index (χ1) is 17.1. The van der Waals surface area contributed by atoms with Crippen molar-refractivity contribution in [2.24, 2.45) is 0 Å². The molecule has 10 heteroatoms. The van der Waals surface area contributed by atoms with Crippen LogP contribution in [-0.2, 0) is 19.7 Å². The molecule has 36 heavy (non-hydrogen) atoms. The summed E-state index contributed by atoms with van der Waals surface area (Å²) < 4.78 is 58.1. The fourth-order valence-electron chi connectivity index (χ4n) is 4.34. The van der Waals surface area contributed by atoms with Gasteiger partial charge in [0.15, 0.2) is 9.84 Å². The van der Waals surface area contributed by atoms with Gasteiger partial charge in [0, 0.05) is 37.5 Å². The molecule has 0 spiro atoms. The van der Waals surface area contributed by atoms with Gasteiger partial charge in [-0.3, -0.25) is 4.98 Å². The van der Waals surface area contributed by atoms with E-state index in [4.69, 9.17) is 4.74 Å². The number of rotatable bonds is 8. The van der Waals surface area contributed by atoms with Crippen LogP contribution in [0.5, 0.6) is 5.75 Å². The molecule has 1 aliphatic heterocycles. The number of hydrogen-bond acceptors (Lipinski definition) is 8. The zero-order valence-electron chi connectivity index (χ0n) is 21.0. The third-order valence-electron chi connectivity index (χ3n) is 6.43. The molecule has 1 aliphatic rings. The van der Waals surface area contributed by atoms with Crippen molar-refractivity contribution < 1.29 is 21.6 Å². The molecule has 1 fully saturated rings. The first-order valence-corrected chi connectivity index (χ1v) is 15.5. The molecule has 0 atom stereocenters. The van der Waals surface area contributed by atoms with E-state index in [0.29, 0.717) is 42.0 Å². The van der Waals surface area contributed by atoms with Crippen LogP contribution in [0.15, 0.2) is 63.3 Å². The summed E-state index contributed by atoms with van der Waals surface area (Å²) in [6.07, 6.45) is 5.33. The quantitative estimate of drug-likeness (QED) is 0.405. The number of unbranched alkanes of at least 4 members (excludes halogenated alkanes) is 1. The number of ether oxygens (including phenoxy) is 1. The van der Waals surface area contributed by atoms with Gasteiger partial charge >= 0.3 is 0 Å². The van der Waals surface area contributed by atoms with Crippen molar-refractivity contribution in [3.8, 4) is 5.75 Å². The van der Waals surface area contributed by atoms with Crippen LogP contribution < -0.4 is 9.64 Å². The van der Waals surface area contributed by atoms with Gasteiger partial charge in [-0.2, -0.15) is 0 Å². The van der Waals surface area contributed by atoms with Gasteiger partial charge in [0.1, 0.15) is 10.6 Å². The number of pyridine rings is 1. The number of hydrogen-bond donors (Lipinski definition) is 0. The molecule has 1 aromatic heterocycles. The largest absolute Gasteiger partial charge is 0.494 e. The van der Waals surface area contributed by atoms with Crippen LogP contribution in [0.1, 0.15) is 26.2 Å². The lowest BCUT2D eigenvalue weighted by atomic mass is 10.1. The molecule has 0 amide bonds. The molecule has 194 valence electrons. The lowest BCUT2D eigenvalue weighted by molar-refractivity contribution is 0.309. The van der Waals surface area contributed by atoms with E-state index in [-0.39, 0.29) is 14.7 Å². The van der Waals surface area contributed by atoms with Gasteiger partial charge in [-0.1, -0.05) is 13.3 Å². The van der Waals surface area contributed by atoms with Crippen LogP contribution in [0.2, 0.25) is 0 Å². The Labute approximate surface area is 213 Å². The molecular weight excluding hydrogens is 498 g/mol. The van der Waals surface area contributed by atoms with E-state index in [2.05, 4.69) is 21.7 Å². The topological polar surface area (TPSA) is 96.9 Å². The smallest absolute Gasteiger partial charge is 0.210 e. The van der Waals surface area contributed by atoms with Gasteiger partial charge in [-0.15, -0.1) is 0 Å². The summed E-state index contributed by atoms with van der Waals surface area (Å²) in [6, 6.07) is 11.1. The Balaban J connectivity index is 1.86. The van der Waals surface area contributed by atoms with Crippen LogP contribution in [0, 0.1) is 0 Å². The highest BCUT2D eigenvalue weighted by molar-refractivity contribution is 7.91. The Bertz CT molecular complexity index is 1440. The molecule has 4 rings (SSSR count). The Morgan fingerprint density at radius 1 is 0.944 bits per heavy atom. The van der Waals surface area contributed by atoms with E-state index in [1.165, 1.54) is 12.3 Å². The molecule has 0 unspecified atom stereocenters. The molecule has 3 aromatic rings. The van der Waals surface area contributed by atoms with Crippen LogP contribution in [0.3, 0.4) is 0 Å². The maximum Gasteiger partial charge on any atom is 0.210 e. The third-order valence-corrected chi connectivity index (χ3v) is 9.31. The molecule has 2 aromatic carbocycles. The van der Waals surface area contributed by atoms with Crippen LogP contribution in [0.4, 0.5) is 5.69 Å². The molecule has 0 aliphatic carbocycles. The Kier molecular flexibility index (Phi) is 7.87. The lowest BCUT2D eigenvalue weighted by Crippen LogP contribution is -2.30. The third kappa shape index (κ3) is 5.66. The highest BCUT2D eigenvalue weighted by Gasteiger charge is 2.28. The normalized spacial score (nSPS) is 15.7. The van der Waals surface area contributed by atoms with Crippen LogP contribution in [-0.4, -0.2) is 72.8 Å². The second-order valence-electron chi connectivity index (χ2n) is 9.24. The summed E-state index contributed by atoms with van der Waals surface area (Å²) in [7, 11) is -5.40. The number of fused-ring (bicyclic) bond motifs is 1. The van der Waals surface area contributed by atoms with E-state index in [0.717, 1.165) is 38.6 Å². The molecule has 2 heterocycles. The number of benzene rings is 2. The van der Waals surface area contributed by atoms with Gasteiger partial charge in [0.05, 0.1) is 27.6 Å². The molecular formula is C26H33N3O5S2. The van der Waals surface area contributed by atoms with Gasteiger partial charge < -0.3 is 14.5 Å². The van der Waals surface area contributed by atoms with Crippen LogP contribution in [0.25, 0.3) is 10.9 Å². The molecule has 0 saturated carbocycles. The number of sulfone groups is 2. The second-order valence-corrected chi connectivity index (χ2v) is 13.2. The van der Waals surface area contributed by atoms with Crippen molar-refractivity contribution in [3.63, 3.8) is 0 Å². The average Bonchev–Trinajstić information content (AvgIpc) is 3.07. The molecule has 8 nitrogen and oxygen atoms in total. The van der Waals surface area contributed by atoms with Crippen molar-refractivity contribution >= 4 is 36.3 Å². The second kappa shape index (κ2) is 10.7. The SMILES string of the molecule is CCCCOc1ccc(S(=O)(=O)c2cnc3ccc(S(C)(=O)=O)cc3c2N2CCCN(C)CC2)cc1.